The Morgan fingerprint density at radius 3 is 2.71 bits per heavy atom. The molecule has 1 heterocycles. The highest BCUT2D eigenvalue weighted by atomic mass is 16.6. The van der Waals surface area contributed by atoms with Gasteiger partial charge in [-0.05, 0) is 13.0 Å². The summed E-state index contributed by atoms with van der Waals surface area (Å²) in [6.07, 6.45) is -0.490. The number of amides is 1. The normalized spacial score (nSPS) is 18.8. The first-order valence-electron chi connectivity index (χ1n) is 7.24. The number of benzene rings is 2. The Kier molecular flexibility index (Phi) is 3.65. The first-order chi connectivity index (χ1) is 11.3. The maximum Gasteiger partial charge on any atom is 0.273 e. The molecule has 2 aromatic rings. The van der Waals surface area contributed by atoms with Gasteiger partial charge in [-0.15, -0.1) is 0 Å². The largest absolute Gasteiger partial charge is 0.375 e. The quantitative estimate of drug-likeness (QED) is 0.509. The van der Waals surface area contributed by atoms with Crippen LogP contribution in [0, 0.1) is 17.0 Å². The molecule has 122 valence electrons. The van der Waals surface area contributed by atoms with Crippen LogP contribution in [0.5, 0.6) is 0 Å². The van der Waals surface area contributed by atoms with E-state index in [0.29, 0.717) is 16.8 Å². The molecule has 2 N–H and O–H groups in total. The standard InChI is InChI=1S/C17H14N2O5/c1-10-6-7-11(8-14(10)19(23)24)15(20)9-17(22)12-4-2-3-5-13(12)18-16(17)21/h2-8,22H,9H2,1H3,(H,18,21)/t17-/m1/s1. The Bertz CT molecular complexity index is 877. The smallest absolute Gasteiger partial charge is 0.273 e. The minimum absolute atomic E-state index is 0.0814. The van der Waals surface area contributed by atoms with Gasteiger partial charge in [0.05, 0.1) is 11.3 Å². The molecule has 0 spiro atoms. The van der Waals surface area contributed by atoms with Gasteiger partial charge in [-0.2, -0.15) is 0 Å². The van der Waals surface area contributed by atoms with Gasteiger partial charge in [-0.1, -0.05) is 30.3 Å². The van der Waals surface area contributed by atoms with Gasteiger partial charge in [0, 0.05) is 28.4 Å². The molecule has 1 aliphatic heterocycles. The number of nitro benzene ring substituents is 1. The van der Waals surface area contributed by atoms with E-state index in [4.69, 9.17) is 0 Å². The van der Waals surface area contributed by atoms with Crippen LogP contribution in [0.3, 0.4) is 0 Å². The summed E-state index contributed by atoms with van der Waals surface area (Å²) >= 11 is 0. The Morgan fingerprint density at radius 2 is 2.00 bits per heavy atom. The maximum absolute atomic E-state index is 12.5. The van der Waals surface area contributed by atoms with Crippen LogP contribution in [0.4, 0.5) is 11.4 Å². The minimum atomic E-state index is -1.98. The maximum atomic E-state index is 12.5. The van der Waals surface area contributed by atoms with Crippen molar-refractivity contribution < 1.29 is 19.6 Å². The molecule has 0 saturated heterocycles. The average molecular weight is 326 g/mol. The Morgan fingerprint density at radius 1 is 1.29 bits per heavy atom. The van der Waals surface area contributed by atoms with Crippen LogP contribution in [0.25, 0.3) is 0 Å². The second-order valence-electron chi connectivity index (χ2n) is 5.72. The minimum Gasteiger partial charge on any atom is -0.375 e. The Balaban J connectivity index is 1.94. The van der Waals surface area contributed by atoms with E-state index in [-0.39, 0.29) is 11.3 Å². The summed E-state index contributed by atoms with van der Waals surface area (Å²) in [5.41, 5.74) is -0.869. The molecule has 0 saturated carbocycles. The number of para-hydroxylation sites is 1. The first kappa shape index (κ1) is 15.8. The lowest BCUT2D eigenvalue weighted by Crippen LogP contribution is -2.36. The van der Waals surface area contributed by atoms with Crippen LogP contribution in [-0.2, 0) is 10.4 Å². The van der Waals surface area contributed by atoms with E-state index in [0.717, 1.165) is 0 Å². The van der Waals surface area contributed by atoms with Gasteiger partial charge < -0.3 is 10.4 Å². The molecule has 24 heavy (non-hydrogen) atoms. The number of Topliss-reactive ketones (excluding diaryl/α,β-unsaturated/α-hetero) is 1. The number of carbonyl (C=O) groups is 2. The number of aryl methyl sites for hydroxylation is 1. The number of rotatable bonds is 4. The monoisotopic (exact) mass is 326 g/mol. The SMILES string of the molecule is Cc1ccc(C(=O)C[C@]2(O)C(=O)Nc3ccccc32)cc1[N+](=O)[O-]. The molecule has 1 amide bonds. The highest BCUT2D eigenvalue weighted by molar-refractivity contribution is 6.09. The van der Waals surface area contributed by atoms with Crippen LogP contribution in [0.2, 0.25) is 0 Å². The molecule has 0 bridgehead atoms. The van der Waals surface area contributed by atoms with Crippen LogP contribution in [0.1, 0.15) is 27.9 Å². The zero-order valence-electron chi connectivity index (χ0n) is 12.8. The summed E-state index contributed by atoms with van der Waals surface area (Å²) in [7, 11) is 0. The second-order valence-corrected chi connectivity index (χ2v) is 5.72. The second kappa shape index (κ2) is 5.54. The van der Waals surface area contributed by atoms with E-state index in [2.05, 4.69) is 5.32 Å². The van der Waals surface area contributed by atoms with Gasteiger partial charge in [0.15, 0.2) is 11.4 Å². The highest BCUT2D eigenvalue weighted by Gasteiger charge is 2.46. The molecule has 0 unspecified atom stereocenters. The predicted octanol–water partition coefficient (Wildman–Crippen LogP) is 2.32. The molecule has 3 rings (SSSR count). The summed E-state index contributed by atoms with van der Waals surface area (Å²) in [4.78, 5) is 35.0. The molecular weight excluding hydrogens is 312 g/mol. The molecule has 1 atom stereocenters. The lowest BCUT2D eigenvalue weighted by Gasteiger charge is -2.20. The van der Waals surface area contributed by atoms with Crippen molar-refractivity contribution in [3.8, 4) is 0 Å². The Labute approximate surface area is 137 Å². The molecule has 1 aliphatic rings. The van der Waals surface area contributed by atoms with Crippen molar-refractivity contribution in [3.05, 3.63) is 69.3 Å². The third-order valence-electron chi connectivity index (χ3n) is 4.14. The van der Waals surface area contributed by atoms with Crippen molar-refractivity contribution >= 4 is 23.1 Å². The highest BCUT2D eigenvalue weighted by Crippen LogP contribution is 2.39. The summed E-state index contributed by atoms with van der Waals surface area (Å²) in [5, 5.41) is 24.2. The predicted molar refractivity (Wildman–Crippen MR) is 85.7 cm³/mol. The lowest BCUT2D eigenvalue weighted by atomic mass is 9.88. The number of hydrogen-bond donors (Lipinski definition) is 2. The number of hydrogen-bond acceptors (Lipinski definition) is 5. The molecule has 0 aromatic heterocycles. The van der Waals surface area contributed by atoms with Crippen LogP contribution in [-0.4, -0.2) is 21.7 Å². The zero-order valence-corrected chi connectivity index (χ0v) is 12.8. The van der Waals surface area contributed by atoms with E-state index in [1.165, 1.54) is 18.2 Å². The van der Waals surface area contributed by atoms with Crippen molar-refractivity contribution in [2.45, 2.75) is 18.9 Å². The fraction of sp³-hybridized carbons (Fsp3) is 0.176. The third-order valence-corrected chi connectivity index (χ3v) is 4.14. The van der Waals surface area contributed by atoms with Gasteiger partial charge in [-0.25, -0.2) is 0 Å². The van der Waals surface area contributed by atoms with Crippen LogP contribution in [0.15, 0.2) is 42.5 Å². The van der Waals surface area contributed by atoms with E-state index >= 15 is 0 Å². The summed E-state index contributed by atoms with van der Waals surface area (Å²) in [5.74, 6) is -1.23. The summed E-state index contributed by atoms with van der Waals surface area (Å²) in [6.45, 7) is 1.57. The van der Waals surface area contributed by atoms with Gasteiger partial charge >= 0.3 is 0 Å². The van der Waals surface area contributed by atoms with Gasteiger partial charge in [0.1, 0.15) is 0 Å². The number of anilines is 1. The Hall–Kier alpha value is -3.06. The molecule has 7 nitrogen and oxygen atoms in total. The molecule has 0 aliphatic carbocycles. The zero-order chi connectivity index (χ0) is 17.5. The van der Waals surface area contributed by atoms with Crippen molar-refractivity contribution in [1.29, 1.82) is 0 Å². The van der Waals surface area contributed by atoms with Crippen LogP contribution < -0.4 is 5.32 Å². The van der Waals surface area contributed by atoms with Crippen molar-refractivity contribution in [1.82, 2.24) is 0 Å². The first-order valence-corrected chi connectivity index (χ1v) is 7.24. The van der Waals surface area contributed by atoms with E-state index in [9.17, 15) is 24.8 Å². The third kappa shape index (κ3) is 2.44. The molecule has 2 aromatic carbocycles. The van der Waals surface area contributed by atoms with Crippen molar-refractivity contribution in [3.63, 3.8) is 0 Å². The number of aliphatic hydroxyl groups is 1. The van der Waals surface area contributed by atoms with Gasteiger partial charge in [-0.3, -0.25) is 19.7 Å². The van der Waals surface area contributed by atoms with E-state index < -0.39 is 28.6 Å². The summed E-state index contributed by atoms with van der Waals surface area (Å²) in [6, 6.07) is 10.6. The van der Waals surface area contributed by atoms with E-state index in [1.807, 2.05) is 0 Å². The summed E-state index contributed by atoms with van der Waals surface area (Å²) < 4.78 is 0. The van der Waals surface area contributed by atoms with E-state index in [1.54, 1.807) is 31.2 Å². The molecule has 0 fully saturated rings. The number of carbonyl (C=O) groups excluding carboxylic acids is 2. The number of nitrogens with zero attached hydrogens (tertiary/aromatic N) is 1. The fourth-order valence-electron chi connectivity index (χ4n) is 2.79. The lowest BCUT2D eigenvalue weighted by molar-refractivity contribution is -0.385. The number of nitrogens with one attached hydrogen (secondary N) is 1. The van der Waals surface area contributed by atoms with Gasteiger partial charge in [0.25, 0.3) is 11.6 Å². The van der Waals surface area contributed by atoms with Crippen molar-refractivity contribution in [2.75, 3.05) is 5.32 Å². The van der Waals surface area contributed by atoms with Crippen molar-refractivity contribution in [2.24, 2.45) is 0 Å². The number of nitro groups is 1. The fourth-order valence-corrected chi connectivity index (χ4v) is 2.79. The molecule has 7 heteroatoms. The molecule has 0 radical (unpaired) electrons. The molecular formula is C17H14N2O5. The van der Waals surface area contributed by atoms with Gasteiger partial charge in [0.2, 0.25) is 0 Å². The average Bonchev–Trinajstić information content (AvgIpc) is 2.79. The number of fused-ring (bicyclic) bond motifs is 1. The number of ketones is 1. The topological polar surface area (TPSA) is 110 Å². The van der Waals surface area contributed by atoms with Crippen LogP contribution >= 0.6 is 0 Å².